The average Bonchev–Trinajstić information content (AvgIpc) is 1.76. The largest absolute Gasteiger partial charge is 1.00 e. The highest BCUT2D eigenvalue weighted by Gasteiger charge is 1.95. The van der Waals surface area contributed by atoms with Crippen molar-refractivity contribution in [2.24, 2.45) is 15.4 Å². The Morgan fingerprint density at radius 1 is 1.43 bits per heavy atom. The van der Waals surface area contributed by atoms with Gasteiger partial charge in [-0.05, 0) is 0 Å². The first-order chi connectivity index (χ1) is 2.50. The third-order valence-corrected chi connectivity index (χ3v) is 0.239. The van der Waals surface area contributed by atoms with Gasteiger partial charge >= 0.3 is 6.34 Å². The molecule has 1 aliphatic rings. The van der Waals surface area contributed by atoms with Crippen molar-refractivity contribution in [1.29, 1.82) is 0 Å². The van der Waals surface area contributed by atoms with Crippen molar-refractivity contribution in [3.8, 4) is 0 Å². The Hall–Kier alpha value is -0.440. The lowest BCUT2D eigenvalue weighted by atomic mass is 11.4. The Morgan fingerprint density at radius 2 is 2.14 bits per heavy atom. The van der Waals surface area contributed by atoms with Crippen LogP contribution in [0.2, 0.25) is 0 Å². The molecule has 40 valence electrons. The van der Waals surface area contributed by atoms with Crippen LogP contribution in [-0.2, 0) is 0 Å². The quantitative estimate of drug-likeness (QED) is 0.364. The molecule has 4 nitrogen and oxygen atoms in total. The number of nitrogens with one attached hydrogen (secondary N) is 1. The topological polar surface area (TPSA) is 49.1 Å². The van der Waals surface area contributed by atoms with Crippen LogP contribution >= 0.6 is 12.4 Å². The van der Waals surface area contributed by atoms with E-state index in [2.05, 4.69) is 27.3 Å². The molecule has 0 bridgehead atoms. The molecule has 0 saturated carbocycles. The van der Waals surface area contributed by atoms with Crippen molar-refractivity contribution >= 4 is 18.7 Å². The Balaban J connectivity index is 0. The molecule has 0 aromatic carbocycles. The van der Waals surface area contributed by atoms with E-state index in [-0.39, 0.29) is 24.8 Å². The van der Waals surface area contributed by atoms with E-state index in [0.717, 1.165) is 0 Å². The van der Waals surface area contributed by atoms with Crippen molar-refractivity contribution in [2.45, 2.75) is 0 Å². The van der Waals surface area contributed by atoms with Gasteiger partial charge in [-0.25, -0.2) is 0 Å². The molecule has 0 amide bonds. The zero-order valence-corrected chi connectivity index (χ0v) is 4.70. The average molecular weight is 141 g/mol. The maximum absolute atomic E-state index is 3.25. The van der Waals surface area contributed by atoms with Gasteiger partial charge in [-0.3, -0.25) is 0 Å². The van der Waals surface area contributed by atoms with Crippen molar-refractivity contribution < 1.29 is 12.4 Å². The standard InChI is InChI=1S/CHN4.2ClH/c1-2-4-5-3-1;;/h(H,2,3,4,5);2*1H/q+1;;/p-1. The van der Waals surface area contributed by atoms with Crippen molar-refractivity contribution in [1.82, 2.24) is 5.53 Å². The minimum absolute atomic E-state index is 0. The van der Waals surface area contributed by atoms with Gasteiger partial charge in [0.25, 0.3) is 0 Å². The lowest BCUT2D eigenvalue weighted by Gasteiger charge is -1.53. The summed E-state index contributed by atoms with van der Waals surface area (Å²) < 4.78 is 0. The number of halogens is 2. The first-order valence-corrected chi connectivity index (χ1v) is 1.09. The minimum atomic E-state index is 0. The van der Waals surface area contributed by atoms with Crippen molar-refractivity contribution in [2.75, 3.05) is 0 Å². The number of rotatable bonds is 0. The van der Waals surface area contributed by atoms with Gasteiger partial charge in [0, 0.05) is 5.22 Å². The summed E-state index contributed by atoms with van der Waals surface area (Å²) in [4.78, 5) is 0. The highest BCUT2D eigenvalue weighted by Crippen LogP contribution is 1.70. The second-order valence-corrected chi connectivity index (χ2v) is 0.512. The smallest absolute Gasteiger partial charge is 0.598 e. The molecule has 0 unspecified atom stereocenters. The van der Waals surface area contributed by atoms with Crippen LogP contribution in [0.5, 0.6) is 0 Å². The molecule has 1 rings (SSSR count). The molecular weight excluding hydrogens is 139 g/mol. The number of hydrogen-bond donors (Lipinski definition) is 1. The van der Waals surface area contributed by atoms with E-state index >= 15 is 0 Å². The molecule has 1 N–H and O–H groups in total. The summed E-state index contributed by atoms with van der Waals surface area (Å²) in [7, 11) is 0. The second kappa shape index (κ2) is 5.56. The molecule has 6 heteroatoms. The molecule has 1 heterocycles. The summed E-state index contributed by atoms with van der Waals surface area (Å²) in [6.45, 7) is 0. The predicted molar refractivity (Wildman–Crippen MR) is 22.7 cm³/mol. The molecule has 0 atom stereocenters. The summed E-state index contributed by atoms with van der Waals surface area (Å²) in [6.07, 6.45) is 2.19. The highest BCUT2D eigenvalue weighted by atomic mass is 35.5. The normalized spacial score (nSPS) is 10.3. The van der Waals surface area contributed by atoms with Crippen LogP contribution in [0.25, 0.3) is 0 Å². The van der Waals surface area contributed by atoms with E-state index in [1.54, 1.807) is 0 Å². The second-order valence-electron chi connectivity index (χ2n) is 0.512. The van der Waals surface area contributed by atoms with Crippen LogP contribution in [0.4, 0.5) is 0 Å². The van der Waals surface area contributed by atoms with E-state index in [9.17, 15) is 0 Å². The third-order valence-electron chi connectivity index (χ3n) is 0.239. The van der Waals surface area contributed by atoms with Gasteiger partial charge in [-0.15, -0.1) is 17.9 Å². The summed E-state index contributed by atoms with van der Waals surface area (Å²) in [5.74, 6) is 0. The fraction of sp³-hybridized carbons (Fsp3) is 0. The maximum Gasteiger partial charge on any atom is 0.598 e. The van der Waals surface area contributed by atoms with Gasteiger partial charge in [0.15, 0.2) is 5.11 Å². The van der Waals surface area contributed by atoms with Crippen LogP contribution in [0.1, 0.15) is 0 Å². The lowest BCUT2D eigenvalue weighted by Crippen LogP contribution is -3.00. The molecule has 0 aromatic heterocycles. The summed E-state index contributed by atoms with van der Waals surface area (Å²) in [6, 6.07) is 0. The van der Waals surface area contributed by atoms with Crippen LogP contribution in [-0.4, -0.2) is 6.34 Å². The molecule has 0 aliphatic carbocycles. The van der Waals surface area contributed by atoms with Crippen molar-refractivity contribution in [3.05, 3.63) is 0 Å². The van der Waals surface area contributed by atoms with Crippen LogP contribution in [0, 0.1) is 0 Å². The van der Waals surface area contributed by atoms with Crippen LogP contribution < -0.4 is 17.9 Å². The molecule has 0 spiro atoms. The molecule has 0 saturated heterocycles. The first kappa shape index (κ1) is 9.75. The molecule has 0 aromatic rings. The van der Waals surface area contributed by atoms with Gasteiger partial charge < -0.3 is 12.4 Å². The van der Waals surface area contributed by atoms with Crippen LogP contribution in [0.15, 0.2) is 15.4 Å². The third kappa shape index (κ3) is 3.39. The Kier molecular flexibility index (Phi) is 7.75. The van der Waals surface area contributed by atoms with E-state index in [1.807, 2.05) is 0 Å². The summed E-state index contributed by atoms with van der Waals surface area (Å²) >= 11 is 0. The zero-order chi connectivity index (χ0) is 3.54. The Bertz CT molecular complexity index is 67.8. The molecule has 0 radical (unpaired) electrons. The summed E-state index contributed by atoms with van der Waals surface area (Å²) in [5, 5.41) is 9.61. The number of hydrogen-bond acceptors (Lipinski definition) is 4. The fourth-order valence-electron chi connectivity index (χ4n) is 0.112. The van der Waals surface area contributed by atoms with Crippen molar-refractivity contribution in [3.63, 3.8) is 0 Å². The zero-order valence-electron chi connectivity index (χ0n) is 3.13. The van der Waals surface area contributed by atoms with Gasteiger partial charge in [-0.2, -0.15) is 0 Å². The first-order valence-electron chi connectivity index (χ1n) is 1.09. The van der Waals surface area contributed by atoms with E-state index < -0.39 is 0 Å². The summed E-state index contributed by atoms with van der Waals surface area (Å²) in [5.41, 5.74) is 2.19. The van der Waals surface area contributed by atoms with Gasteiger partial charge in [0.2, 0.25) is 0 Å². The van der Waals surface area contributed by atoms with Gasteiger partial charge in [0.1, 0.15) is 5.10 Å². The number of nitrogens with zero attached hydrogens (tertiary/aromatic N) is 3. The van der Waals surface area contributed by atoms with E-state index in [0.29, 0.717) is 0 Å². The Morgan fingerprint density at radius 3 is 2.29 bits per heavy atom. The monoisotopic (exact) mass is 140 g/mol. The van der Waals surface area contributed by atoms with E-state index in [4.69, 9.17) is 0 Å². The maximum atomic E-state index is 3.25. The SMILES string of the molecule is Cl.[C+]1=NNN=N1.[Cl-]. The molecular formula is CH2Cl2N4. The van der Waals surface area contributed by atoms with Gasteiger partial charge in [-0.1, -0.05) is 0 Å². The minimum Gasteiger partial charge on any atom is -1.00 e. The number of hydrazone groups is 1. The molecule has 7 heavy (non-hydrogen) atoms. The fourth-order valence-corrected chi connectivity index (χ4v) is 0.112. The Labute approximate surface area is 52.9 Å². The molecule has 0 fully saturated rings. The van der Waals surface area contributed by atoms with Crippen LogP contribution in [0.3, 0.4) is 0 Å². The van der Waals surface area contributed by atoms with Gasteiger partial charge in [0.05, 0.1) is 0 Å². The predicted octanol–water partition coefficient (Wildman–Crippen LogP) is -2.80. The highest BCUT2D eigenvalue weighted by molar-refractivity contribution is 5.85. The van der Waals surface area contributed by atoms with E-state index in [1.165, 1.54) is 0 Å². The lowest BCUT2D eigenvalue weighted by molar-refractivity contribution is -0.00000132. The molecule has 1 aliphatic heterocycles.